The van der Waals surface area contributed by atoms with Gasteiger partial charge in [0.15, 0.2) is 0 Å². The van der Waals surface area contributed by atoms with Crippen molar-refractivity contribution in [3.05, 3.63) is 48.0 Å². The van der Waals surface area contributed by atoms with Gasteiger partial charge in [-0.3, -0.25) is 5.32 Å². The molecule has 0 aliphatic heterocycles. The molecule has 0 spiro atoms. The first-order chi connectivity index (χ1) is 11.7. The first-order valence-electron chi connectivity index (χ1n) is 8.32. The van der Waals surface area contributed by atoms with Gasteiger partial charge in [-0.1, -0.05) is 43.4 Å². The maximum atomic E-state index is 12.3. The molecule has 1 aromatic heterocycles. The lowest BCUT2D eigenvalue weighted by molar-refractivity contribution is -0.657. The number of para-hydroxylation sites is 3. The molecule has 0 aliphatic carbocycles. The summed E-state index contributed by atoms with van der Waals surface area (Å²) < 4.78 is 7.35. The maximum absolute atomic E-state index is 12.3. The number of aromatic nitrogens is 2. The molecule has 0 saturated heterocycles. The highest BCUT2D eigenvalue weighted by Gasteiger charge is 2.16. The fourth-order valence-corrected chi connectivity index (χ4v) is 2.86. The number of imidazole rings is 1. The van der Waals surface area contributed by atoms with Gasteiger partial charge >= 0.3 is 5.95 Å². The van der Waals surface area contributed by atoms with E-state index < -0.39 is 0 Å². The number of nitrogens with one attached hydrogen (secondary N) is 2. The van der Waals surface area contributed by atoms with Crippen LogP contribution in [0.25, 0.3) is 11.0 Å². The van der Waals surface area contributed by atoms with Gasteiger partial charge in [0.25, 0.3) is 0 Å². The fraction of sp³-hybridized carbons (Fsp3) is 0.316. The van der Waals surface area contributed by atoms with E-state index in [0.29, 0.717) is 17.9 Å². The molecule has 0 bridgehead atoms. The van der Waals surface area contributed by atoms with Gasteiger partial charge in [0.2, 0.25) is 0 Å². The first kappa shape index (κ1) is 16.2. The molecular formula is C19H23N3O2. The van der Waals surface area contributed by atoms with Crippen molar-refractivity contribution in [2.45, 2.75) is 32.9 Å². The molecule has 2 aromatic carbocycles. The van der Waals surface area contributed by atoms with Crippen molar-refractivity contribution in [3.63, 3.8) is 0 Å². The van der Waals surface area contributed by atoms with Crippen LogP contribution in [0.2, 0.25) is 0 Å². The third-order valence-electron chi connectivity index (χ3n) is 4.18. The zero-order valence-corrected chi connectivity index (χ0v) is 14.1. The summed E-state index contributed by atoms with van der Waals surface area (Å²) >= 11 is 0. The minimum Gasteiger partial charge on any atom is -0.870 e. The van der Waals surface area contributed by atoms with E-state index in [1.807, 2.05) is 24.3 Å². The topological polar surface area (TPSA) is 64.0 Å². The Labute approximate surface area is 141 Å². The second kappa shape index (κ2) is 7.25. The van der Waals surface area contributed by atoms with Gasteiger partial charge < -0.3 is 9.84 Å². The summed E-state index contributed by atoms with van der Waals surface area (Å²) in [6.07, 6.45) is 2.24. The summed E-state index contributed by atoms with van der Waals surface area (Å²) in [5.74, 6) is 1.24. The molecule has 0 fully saturated rings. The summed E-state index contributed by atoms with van der Waals surface area (Å²) in [4.78, 5) is 3.41. The third-order valence-corrected chi connectivity index (χ3v) is 4.18. The number of H-pyrrole nitrogens is 1. The van der Waals surface area contributed by atoms with E-state index in [2.05, 4.69) is 33.9 Å². The monoisotopic (exact) mass is 325 g/mol. The molecule has 3 aromatic rings. The lowest BCUT2D eigenvalue weighted by Crippen LogP contribution is -2.36. The maximum Gasteiger partial charge on any atom is 0.356 e. The predicted molar refractivity (Wildman–Crippen MR) is 93.2 cm³/mol. The Hall–Kier alpha value is -2.69. The number of rotatable bonds is 7. The lowest BCUT2D eigenvalue weighted by atomic mass is 10.2. The second-order valence-corrected chi connectivity index (χ2v) is 5.80. The Morgan fingerprint density at radius 3 is 2.79 bits per heavy atom. The van der Waals surface area contributed by atoms with Crippen LogP contribution in [0.3, 0.4) is 0 Å². The van der Waals surface area contributed by atoms with E-state index in [9.17, 15) is 5.11 Å². The molecule has 24 heavy (non-hydrogen) atoms. The SMILES string of the molecule is CCCC[n+]1c(NCc2cccc(OC)c2[O-])[nH]c2ccccc21. The Bertz CT molecular complexity index is 827. The molecule has 2 N–H and O–H groups in total. The summed E-state index contributed by atoms with van der Waals surface area (Å²) in [6, 6.07) is 13.6. The number of aryl methyl sites for hydroxylation is 1. The van der Waals surface area contributed by atoms with E-state index in [1.165, 1.54) is 12.6 Å². The molecule has 5 heteroatoms. The Kier molecular flexibility index (Phi) is 4.89. The van der Waals surface area contributed by atoms with Crippen LogP contribution in [0, 0.1) is 0 Å². The number of unbranched alkanes of at least 4 members (excludes halogenated alkanes) is 1. The molecule has 0 radical (unpaired) electrons. The molecule has 1 heterocycles. The highest BCUT2D eigenvalue weighted by atomic mass is 16.5. The first-order valence-corrected chi connectivity index (χ1v) is 8.32. The van der Waals surface area contributed by atoms with Crippen molar-refractivity contribution in [3.8, 4) is 11.5 Å². The van der Waals surface area contributed by atoms with Crippen molar-refractivity contribution in [2.24, 2.45) is 0 Å². The fourth-order valence-electron chi connectivity index (χ4n) is 2.86. The molecule has 0 aliphatic rings. The minimum absolute atomic E-state index is 0.0660. The van der Waals surface area contributed by atoms with Gasteiger partial charge in [-0.05, 0) is 30.2 Å². The summed E-state index contributed by atoms with van der Waals surface area (Å²) in [5, 5.41) is 15.6. The van der Waals surface area contributed by atoms with Crippen molar-refractivity contribution in [2.75, 3.05) is 12.4 Å². The van der Waals surface area contributed by atoms with Crippen molar-refractivity contribution in [1.82, 2.24) is 4.98 Å². The molecule has 0 atom stereocenters. The Morgan fingerprint density at radius 2 is 2.00 bits per heavy atom. The number of nitrogens with zero attached hydrogens (tertiary/aromatic N) is 1. The van der Waals surface area contributed by atoms with E-state index in [-0.39, 0.29) is 5.75 Å². The van der Waals surface area contributed by atoms with Crippen LogP contribution >= 0.6 is 0 Å². The number of benzene rings is 2. The second-order valence-electron chi connectivity index (χ2n) is 5.80. The third kappa shape index (κ3) is 3.15. The highest BCUT2D eigenvalue weighted by molar-refractivity contribution is 5.72. The number of fused-ring (bicyclic) bond motifs is 1. The van der Waals surface area contributed by atoms with Crippen LogP contribution < -0.4 is 19.7 Å². The zero-order valence-electron chi connectivity index (χ0n) is 14.1. The predicted octanol–water partition coefficient (Wildman–Crippen LogP) is 2.95. The molecule has 0 saturated carbocycles. The Morgan fingerprint density at radius 1 is 1.17 bits per heavy atom. The molecule has 5 nitrogen and oxygen atoms in total. The van der Waals surface area contributed by atoms with Gasteiger partial charge in [-0.25, -0.2) is 9.55 Å². The van der Waals surface area contributed by atoms with E-state index in [4.69, 9.17) is 4.74 Å². The van der Waals surface area contributed by atoms with Gasteiger partial charge in [0.05, 0.1) is 20.2 Å². The largest absolute Gasteiger partial charge is 0.870 e. The van der Waals surface area contributed by atoms with Gasteiger partial charge in [0, 0.05) is 0 Å². The zero-order chi connectivity index (χ0) is 16.9. The van der Waals surface area contributed by atoms with Crippen LogP contribution in [-0.2, 0) is 13.1 Å². The number of methoxy groups -OCH3 is 1. The number of anilines is 1. The number of aromatic amines is 1. The summed E-state index contributed by atoms with van der Waals surface area (Å²) in [6.45, 7) is 3.57. The Balaban J connectivity index is 1.87. The quantitative estimate of drug-likeness (QED) is 0.657. The summed E-state index contributed by atoms with van der Waals surface area (Å²) in [5.41, 5.74) is 2.94. The minimum atomic E-state index is -0.0660. The number of ether oxygens (including phenoxy) is 1. The van der Waals surface area contributed by atoms with Crippen LogP contribution in [0.5, 0.6) is 11.5 Å². The van der Waals surface area contributed by atoms with E-state index >= 15 is 0 Å². The van der Waals surface area contributed by atoms with E-state index in [1.54, 1.807) is 6.07 Å². The van der Waals surface area contributed by atoms with Gasteiger partial charge in [-0.2, -0.15) is 0 Å². The molecule has 0 unspecified atom stereocenters. The standard InChI is InChI=1S/C19H23N3O2/c1-3-4-12-22-16-10-6-5-9-15(16)21-19(22)20-13-14-8-7-11-17(24-2)18(14)23/h5-11H,3-4,12-13H2,1-2H3,(H2,20,21,23). The van der Waals surface area contributed by atoms with Gasteiger partial charge in [0.1, 0.15) is 16.8 Å². The van der Waals surface area contributed by atoms with Crippen molar-refractivity contribution in [1.29, 1.82) is 0 Å². The van der Waals surface area contributed by atoms with E-state index in [0.717, 1.165) is 30.9 Å². The average Bonchev–Trinajstić information content (AvgIpc) is 2.96. The van der Waals surface area contributed by atoms with Crippen LogP contribution in [0.15, 0.2) is 42.5 Å². The number of hydrogen-bond donors (Lipinski definition) is 2. The molecule has 0 amide bonds. The van der Waals surface area contributed by atoms with Crippen molar-refractivity contribution >= 4 is 17.0 Å². The molecule has 3 rings (SSSR count). The van der Waals surface area contributed by atoms with Crippen molar-refractivity contribution < 1.29 is 14.4 Å². The number of hydrogen-bond acceptors (Lipinski definition) is 3. The summed E-state index contributed by atoms with van der Waals surface area (Å²) in [7, 11) is 1.52. The molecular weight excluding hydrogens is 302 g/mol. The van der Waals surface area contributed by atoms with Crippen LogP contribution in [0.1, 0.15) is 25.3 Å². The normalized spacial score (nSPS) is 10.9. The smallest absolute Gasteiger partial charge is 0.356 e. The lowest BCUT2D eigenvalue weighted by Gasteiger charge is -2.16. The van der Waals surface area contributed by atoms with Crippen LogP contribution in [-0.4, -0.2) is 12.1 Å². The van der Waals surface area contributed by atoms with Crippen LogP contribution in [0.4, 0.5) is 5.95 Å². The highest BCUT2D eigenvalue weighted by Crippen LogP contribution is 2.27. The molecule has 126 valence electrons. The average molecular weight is 325 g/mol. The van der Waals surface area contributed by atoms with Gasteiger partial charge in [-0.15, -0.1) is 0 Å².